The molecule has 5 nitrogen and oxygen atoms in total. The van der Waals surface area contributed by atoms with Crippen LogP contribution in [0.2, 0.25) is 0 Å². The molecule has 0 atom stereocenters. The molecule has 1 aromatic heterocycles. The molecular formula is C21H23N3O2. The molecule has 5 heteroatoms. The molecule has 1 amide bonds. The lowest BCUT2D eigenvalue weighted by Crippen LogP contribution is -2.26. The number of hydrogen-bond donors (Lipinski definition) is 0. The van der Waals surface area contributed by atoms with Gasteiger partial charge in [-0.05, 0) is 36.8 Å². The highest BCUT2D eigenvalue weighted by Crippen LogP contribution is 2.14. The van der Waals surface area contributed by atoms with Gasteiger partial charge in [-0.25, -0.2) is 0 Å². The predicted octanol–water partition coefficient (Wildman–Crippen LogP) is 3.60. The summed E-state index contributed by atoms with van der Waals surface area (Å²) in [5.74, 6) is 0.748. The molecule has 134 valence electrons. The minimum absolute atomic E-state index is 0.0242. The minimum atomic E-state index is -0.0242. The second-order valence-electron chi connectivity index (χ2n) is 6.15. The summed E-state index contributed by atoms with van der Waals surface area (Å²) in [4.78, 5) is 14.3. The predicted molar refractivity (Wildman–Crippen MR) is 101 cm³/mol. The van der Waals surface area contributed by atoms with Gasteiger partial charge in [0, 0.05) is 30.9 Å². The average molecular weight is 349 g/mol. The highest BCUT2D eigenvalue weighted by atomic mass is 16.5. The van der Waals surface area contributed by atoms with Crippen molar-refractivity contribution < 1.29 is 9.53 Å². The summed E-state index contributed by atoms with van der Waals surface area (Å²) >= 11 is 0. The van der Waals surface area contributed by atoms with Crippen molar-refractivity contribution in [3.05, 3.63) is 83.7 Å². The number of nitrogens with zero attached hydrogens (tertiary/aromatic N) is 3. The second kappa shape index (κ2) is 8.34. The Morgan fingerprint density at radius 2 is 1.81 bits per heavy atom. The van der Waals surface area contributed by atoms with Crippen molar-refractivity contribution >= 4 is 5.91 Å². The lowest BCUT2D eigenvalue weighted by Gasteiger charge is -2.16. The third-order valence-electron chi connectivity index (χ3n) is 4.05. The van der Waals surface area contributed by atoms with E-state index >= 15 is 0 Å². The lowest BCUT2D eigenvalue weighted by molar-refractivity contribution is 0.0785. The SMILES string of the molecule is CCOc1ccc(C(=O)N(C)Cc2cnn(Cc3ccccc3)c2)cc1. The largest absolute Gasteiger partial charge is 0.494 e. The monoisotopic (exact) mass is 349 g/mol. The molecule has 0 aliphatic heterocycles. The van der Waals surface area contributed by atoms with Crippen LogP contribution in [-0.4, -0.2) is 34.2 Å². The highest BCUT2D eigenvalue weighted by Gasteiger charge is 2.13. The van der Waals surface area contributed by atoms with Crippen molar-refractivity contribution in [1.29, 1.82) is 0 Å². The number of ether oxygens (including phenoxy) is 1. The third kappa shape index (κ3) is 4.51. The van der Waals surface area contributed by atoms with Crippen LogP contribution in [0.15, 0.2) is 67.0 Å². The maximum absolute atomic E-state index is 12.6. The van der Waals surface area contributed by atoms with Gasteiger partial charge in [-0.15, -0.1) is 0 Å². The Labute approximate surface area is 153 Å². The van der Waals surface area contributed by atoms with E-state index in [4.69, 9.17) is 4.74 Å². The molecule has 0 N–H and O–H groups in total. The van der Waals surface area contributed by atoms with E-state index in [1.54, 1.807) is 24.1 Å². The molecule has 0 unspecified atom stereocenters. The fourth-order valence-electron chi connectivity index (χ4n) is 2.77. The standard InChI is InChI=1S/C21H23N3O2/c1-3-26-20-11-9-19(10-12-20)21(25)23(2)14-18-13-22-24(16-18)15-17-7-5-4-6-8-17/h4-13,16H,3,14-15H2,1-2H3. The fourth-order valence-corrected chi connectivity index (χ4v) is 2.77. The van der Waals surface area contributed by atoms with Gasteiger partial charge >= 0.3 is 0 Å². The zero-order valence-electron chi connectivity index (χ0n) is 15.1. The van der Waals surface area contributed by atoms with Crippen molar-refractivity contribution in [2.24, 2.45) is 0 Å². The number of carbonyl (C=O) groups excluding carboxylic acids is 1. The van der Waals surface area contributed by atoms with E-state index in [2.05, 4.69) is 17.2 Å². The van der Waals surface area contributed by atoms with Gasteiger partial charge < -0.3 is 9.64 Å². The Morgan fingerprint density at radius 3 is 2.50 bits per heavy atom. The first-order chi connectivity index (χ1) is 12.7. The lowest BCUT2D eigenvalue weighted by atomic mass is 10.2. The van der Waals surface area contributed by atoms with Crippen LogP contribution in [0.4, 0.5) is 0 Å². The van der Waals surface area contributed by atoms with Gasteiger partial charge in [0.05, 0.1) is 19.3 Å². The summed E-state index contributed by atoms with van der Waals surface area (Å²) in [6, 6.07) is 17.4. The van der Waals surface area contributed by atoms with Crippen LogP contribution >= 0.6 is 0 Å². The maximum atomic E-state index is 12.6. The smallest absolute Gasteiger partial charge is 0.253 e. The number of rotatable bonds is 7. The number of hydrogen-bond acceptors (Lipinski definition) is 3. The third-order valence-corrected chi connectivity index (χ3v) is 4.05. The summed E-state index contributed by atoms with van der Waals surface area (Å²) in [7, 11) is 1.80. The molecule has 2 aromatic carbocycles. The number of aromatic nitrogens is 2. The molecule has 3 rings (SSSR count). The van der Waals surface area contributed by atoms with Crippen LogP contribution in [0.25, 0.3) is 0 Å². The Bertz CT molecular complexity index is 841. The first-order valence-corrected chi connectivity index (χ1v) is 8.69. The molecule has 0 aliphatic rings. The Balaban J connectivity index is 1.60. The minimum Gasteiger partial charge on any atom is -0.494 e. The molecule has 0 fully saturated rings. The van der Waals surface area contributed by atoms with E-state index in [0.29, 0.717) is 18.7 Å². The van der Waals surface area contributed by atoms with Crippen LogP contribution in [0, 0.1) is 0 Å². The number of carbonyl (C=O) groups is 1. The van der Waals surface area contributed by atoms with Gasteiger partial charge in [-0.3, -0.25) is 9.48 Å². The van der Waals surface area contributed by atoms with Gasteiger partial charge in [-0.2, -0.15) is 5.10 Å². The summed E-state index contributed by atoms with van der Waals surface area (Å²) in [6.45, 7) is 3.78. The maximum Gasteiger partial charge on any atom is 0.253 e. The number of benzene rings is 2. The molecule has 0 saturated heterocycles. The number of amides is 1. The van der Waals surface area contributed by atoms with Crippen LogP contribution in [0.3, 0.4) is 0 Å². The molecule has 3 aromatic rings. The van der Waals surface area contributed by atoms with Crippen molar-refractivity contribution in [3.8, 4) is 5.75 Å². The molecule has 26 heavy (non-hydrogen) atoms. The van der Waals surface area contributed by atoms with Crippen molar-refractivity contribution in [2.75, 3.05) is 13.7 Å². The summed E-state index contributed by atoms with van der Waals surface area (Å²) in [5.41, 5.74) is 2.84. The second-order valence-corrected chi connectivity index (χ2v) is 6.15. The van der Waals surface area contributed by atoms with Gasteiger partial charge in [0.15, 0.2) is 0 Å². The summed E-state index contributed by atoms with van der Waals surface area (Å²) in [5, 5.41) is 4.39. The molecule has 0 radical (unpaired) electrons. The Hall–Kier alpha value is -3.08. The van der Waals surface area contributed by atoms with Gasteiger partial charge in [0.2, 0.25) is 0 Å². The van der Waals surface area contributed by atoms with Gasteiger partial charge in [0.1, 0.15) is 5.75 Å². The van der Waals surface area contributed by atoms with Crippen LogP contribution in [-0.2, 0) is 13.1 Å². The Kier molecular flexibility index (Phi) is 5.69. The Morgan fingerprint density at radius 1 is 1.08 bits per heavy atom. The zero-order chi connectivity index (χ0) is 18.4. The molecule has 0 spiro atoms. The van der Waals surface area contributed by atoms with Crippen LogP contribution in [0.1, 0.15) is 28.4 Å². The molecule has 0 aliphatic carbocycles. The van der Waals surface area contributed by atoms with E-state index in [1.807, 2.05) is 54.3 Å². The van der Waals surface area contributed by atoms with E-state index < -0.39 is 0 Å². The van der Waals surface area contributed by atoms with Crippen LogP contribution in [0.5, 0.6) is 5.75 Å². The van der Waals surface area contributed by atoms with Crippen LogP contribution < -0.4 is 4.74 Å². The fraction of sp³-hybridized carbons (Fsp3) is 0.238. The van der Waals surface area contributed by atoms with Gasteiger partial charge in [0.25, 0.3) is 5.91 Å². The molecule has 0 saturated carbocycles. The summed E-state index contributed by atoms with van der Waals surface area (Å²) in [6.07, 6.45) is 3.79. The normalized spacial score (nSPS) is 10.5. The molecule has 0 bridgehead atoms. The van der Waals surface area contributed by atoms with Gasteiger partial charge in [-0.1, -0.05) is 30.3 Å². The zero-order valence-corrected chi connectivity index (χ0v) is 15.1. The van der Waals surface area contributed by atoms with E-state index in [9.17, 15) is 4.79 Å². The van der Waals surface area contributed by atoms with Crippen molar-refractivity contribution in [3.63, 3.8) is 0 Å². The van der Waals surface area contributed by atoms with E-state index in [1.165, 1.54) is 5.56 Å². The molecule has 1 heterocycles. The first-order valence-electron chi connectivity index (χ1n) is 8.69. The first kappa shape index (κ1) is 17.7. The summed E-state index contributed by atoms with van der Waals surface area (Å²) < 4.78 is 7.30. The van der Waals surface area contributed by atoms with Crippen molar-refractivity contribution in [2.45, 2.75) is 20.0 Å². The van der Waals surface area contributed by atoms with E-state index in [0.717, 1.165) is 17.9 Å². The highest BCUT2D eigenvalue weighted by molar-refractivity contribution is 5.94. The van der Waals surface area contributed by atoms with E-state index in [-0.39, 0.29) is 5.91 Å². The topological polar surface area (TPSA) is 47.4 Å². The average Bonchev–Trinajstić information content (AvgIpc) is 3.09. The van der Waals surface area contributed by atoms with Crippen molar-refractivity contribution in [1.82, 2.24) is 14.7 Å². The molecular weight excluding hydrogens is 326 g/mol. The quantitative estimate of drug-likeness (QED) is 0.655.